The molecule has 3 aromatic carbocycles. The van der Waals surface area contributed by atoms with Gasteiger partial charge in [0.15, 0.2) is 0 Å². The lowest BCUT2D eigenvalue weighted by molar-refractivity contribution is 0.653. The molecule has 0 amide bonds. The largest absolute Gasteiger partial charge is 0.0683 e. The highest BCUT2D eigenvalue weighted by atomic mass is 14.2. The first kappa shape index (κ1) is 15.6. The fourth-order valence-electron chi connectivity index (χ4n) is 3.06. The van der Waals surface area contributed by atoms with Gasteiger partial charge in [-0.3, -0.25) is 0 Å². The van der Waals surface area contributed by atoms with E-state index in [4.69, 9.17) is 0 Å². The highest BCUT2D eigenvalue weighted by Gasteiger charge is 2.11. The van der Waals surface area contributed by atoms with Crippen molar-refractivity contribution in [2.45, 2.75) is 41.0 Å². The van der Waals surface area contributed by atoms with Crippen LogP contribution in [-0.4, -0.2) is 0 Å². The van der Waals surface area contributed by atoms with Crippen LogP contribution in [0.3, 0.4) is 0 Å². The van der Waals surface area contributed by atoms with Crippen molar-refractivity contribution in [1.29, 1.82) is 0 Å². The Balaban J connectivity index is 0.000000774. The van der Waals surface area contributed by atoms with Gasteiger partial charge in [0.05, 0.1) is 0 Å². The van der Waals surface area contributed by atoms with Crippen LogP contribution in [0.5, 0.6) is 0 Å². The van der Waals surface area contributed by atoms with Crippen LogP contribution in [0.15, 0.2) is 48.5 Å². The molecule has 0 saturated carbocycles. The van der Waals surface area contributed by atoms with E-state index in [-0.39, 0.29) is 0 Å². The summed E-state index contributed by atoms with van der Waals surface area (Å²) >= 11 is 0. The lowest BCUT2D eigenvalue weighted by Gasteiger charge is -2.16. The first-order chi connectivity index (χ1) is 10.2. The molecule has 3 aromatic rings. The lowest BCUT2D eigenvalue weighted by atomic mass is 9.88. The summed E-state index contributed by atoms with van der Waals surface area (Å²) in [4.78, 5) is 0. The summed E-state index contributed by atoms with van der Waals surface area (Å²) in [6.45, 7) is 10.8. The minimum atomic E-state index is 0.675. The molecule has 0 heteroatoms. The average molecular weight is 278 g/mol. The van der Waals surface area contributed by atoms with Gasteiger partial charge in [-0.15, -0.1) is 0 Å². The van der Waals surface area contributed by atoms with E-state index in [0.717, 1.165) is 6.42 Å². The summed E-state index contributed by atoms with van der Waals surface area (Å²) in [6, 6.07) is 17.6. The number of hydrogen-bond donors (Lipinski definition) is 0. The van der Waals surface area contributed by atoms with E-state index in [0.29, 0.717) is 5.92 Å². The molecule has 0 nitrogen and oxygen atoms in total. The van der Waals surface area contributed by atoms with E-state index in [1.54, 1.807) is 0 Å². The Bertz CT molecular complexity index is 678. The van der Waals surface area contributed by atoms with Gasteiger partial charge in [0.25, 0.3) is 0 Å². The van der Waals surface area contributed by atoms with Gasteiger partial charge in [0.1, 0.15) is 0 Å². The van der Waals surface area contributed by atoms with Crippen molar-refractivity contribution in [3.05, 3.63) is 59.7 Å². The van der Waals surface area contributed by atoms with Crippen molar-refractivity contribution in [2.24, 2.45) is 5.92 Å². The zero-order valence-corrected chi connectivity index (χ0v) is 13.9. The van der Waals surface area contributed by atoms with E-state index >= 15 is 0 Å². The molecule has 3 rings (SSSR count). The second kappa shape index (κ2) is 6.76. The molecule has 0 aliphatic rings. The zero-order valence-electron chi connectivity index (χ0n) is 13.9. The Labute approximate surface area is 128 Å². The molecule has 0 aliphatic carbocycles. The molecule has 21 heavy (non-hydrogen) atoms. The van der Waals surface area contributed by atoms with E-state index < -0.39 is 0 Å². The van der Waals surface area contributed by atoms with Gasteiger partial charge in [0, 0.05) is 0 Å². The first-order valence-electron chi connectivity index (χ1n) is 8.07. The topological polar surface area (TPSA) is 0 Å². The number of rotatable bonds is 2. The van der Waals surface area contributed by atoms with Crippen molar-refractivity contribution in [1.82, 2.24) is 0 Å². The minimum Gasteiger partial charge on any atom is -0.0683 e. The molecule has 0 heterocycles. The Kier molecular flexibility index (Phi) is 5.01. The normalized spacial score (nSPS) is 10.8. The van der Waals surface area contributed by atoms with Crippen LogP contribution in [0.1, 0.15) is 38.8 Å². The third-order valence-corrected chi connectivity index (χ3v) is 3.92. The maximum atomic E-state index is 2.30. The molecular formula is C21H26. The number of benzene rings is 3. The summed E-state index contributed by atoms with van der Waals surface area (Å²) in [5.41, 5.74) is 2.91. The molecule has 0 bridgehead atoms. The molecule has 0 unspecified atom stereocenters. The van der Waals surface area contributed by atoms with E-state index in [1.807, 2.05) is 13.8 Å². The summed E-state index contributed by atoms with van der Waals surface area (Å²) in [5.74, 6) is 0.675. The molecule has 0 atom stereocenters. The third kappa shape index (κ3) is 2.95. The predicted molar refractivity (Wildman–Crippen MR) is 96.1 cm³/mol. The van der Waals surface area contributed by atoms with Crippen molar-refractivity contribution in [3.63, 3.8) is 0 Å². The summed E-state index contributed by atoms with van der Waals surface area (Å²) < 4.78 is 0. The standard InChI is InChI=1S/C19H20.C2H6/c1-13(2)12-19-17-10-6-4-8-15(17)14(3)16-9-5-7-11-18(16)19;1-2/h4-11,13H,12H2,1-3H3;1-2H3. The average Bonchev–Trinajstić information content (AvgIpc) is 2.53. The van der Waals surface area contributed by atoms with Gasteiger partial charge in [-0.1, -0.05) is 76.2 Å². The van der Waals surface area contributed by atoms with Crippen molar-refractivity contribution in [2.75, 3.05) is 0 Å². The van der Waals surface area contributed by atoms with Gasteiger partial charge in [-0.25, -0.2) is 0 Å². The van der Waals surface area contributed by atoms with Crippen LogP contribution < -0.4 is 0 Å². The quantitative estimate of drug-likeness (QED) is 0.468. The monoisotopic (exact) mass is 278 g/mol. The highest BCUT2D eigenvalue weighted by Crippen LogP contribution is 2.33. The molecule has 0 aromatic heterocycles. The molecular weight excluding hydrogens is 252 g/mol. The van der Waals surface area contributed by atoms with Gasteiger partial charge in [0.2, 0.25) is 0 Å². The molecule has 110 valence electrons. The molecule has 0 spiro atoms. The van der Waals surface area contributed by atoms with Crippen LogP contribution in [0, 0.1) is 12.8 Å². The van der Waals surface area contributed by atoms with Crippen LogP contribution >= 0.6 is 0 Å². The SMILES string of the molecule is CC.Cc1c2ccccc2c(CC(C)C)c2ccccc12. The third-order valence-electron chi connectivity index (χ3n) is 3.92. The highest BCUT2D eigenvalue weighted by molar-refractivity contribution is 6.05. The zero-order chi connectivity index (χ0) is 15.4. The number of fused-ring (bicyclic) bond motifs is 2. The van der Waals surface area contributed by atoms with Gasteiger partial charge in [-0.2, -0.15) is 0 Å². The number of hydrogen-bond acceptors (Lipinski definition) is 0. The van der Waals surface area contributed by atoms with Crippen LogP contribution in [-0.2, 0) is 6.42 Å². The fraction of sp³-hybridized carbons (Fsp3) is 0.333. The molecule has 0 fully saturated rings. The second-order valence-electron chi connectivity index (χ2n) is 5.79. The van der Waals surface area contributed by atoms with Crippen molar-refractivity contribution in [3.8, 4) is 0 Å². The smallest absolute Gasteiger partial charge is 0.0143 e. The first-order valence-corrected chi connectivity index (χ1v) is 8.07. The predicted octanol–water partition coefficient (Wildman–Crippen LogP) is 6.53. The Morgan fingerprint density at radius 3 is 1.48 bits per heavy atom. The maximum absolute atomic E-state index is 2.30. The van der Waals surface area contributed by atoms with Crippen molar-refractivity contribution >= 4 is 21.5 Å². The van der Waals surface area contributed by atoms with Gasteiger partial charge < -0.3 is 0 Å². The van der Waals surface area contributed by atoms with E-state index in [1.165, 1.54) is 32.7 Å². The van der Waals surface area contributed by atoms with Crippen LogP contribution in [0.2, 0.25) is 0 Å². The van der Waals surface area contributed by atoms with Crippen LogP contribution in [0.25, 0.3) is 21.5 Å². The van der Waals surface area contributed by atoms with Gasteiger partial charge >= 0.3 is 0 Å². The molecule has 0 aliphatic heterocycles. The second-order valence-corrected chi connectivity index (χ2v) is 5.79. The fourth-order valence-corrected chi connectivity index (χ4v) is 3.06. The Hall–Kier alpha value is -1.82. The number of aryl methyl sites for hydroxylation is 1. The molecule has 0 N–H and O–H groups in total. The summed E-state index contributed by atoms with van der Waals surface area (Å²) in [7, 11) is 0. The molecule has 0 radical (unpaired) electrons. The minimum absolute atomic E-state index is 0.675. The molecule has 0 saturated heterocycles. The maximum Gasteiger partial charge on any atom is -0.0143 e. The van der Waals surface area contributed by atoms with E-state index in [9.17, 15) is 0 Å². The summed E-state index contributed by atoms with van der Waals surface area (Å²) in [6.07, 6.45) is 1.14. The van der Waals surface area contributed by atoms with Gasteiger partial charge in [-0.05, 0) is 51.9 Å². The Morgan fingerprint density at radius 2 is 1.10 bits per heavy atom. The van der Waals surface area contributed by atoms with Crippen LogP contribution in [0.4, 0.5) is 0 Å². The Morgan fingerprint density at radius 1 is 0.714 bits per heavy atom. The van der Waals surface area contributed by atoms with E-state index in [2.05, 4.69) is 69.3 Å². The summed E-state index contributed by atoms with van der Waals surface area (Å²) in [5, 5.41) is 5.65. The van der Waals surface area contributed by atoms with Crippen molar-refractivity contribution < 1.29 is 0 Å². The lowest BCUT2D eigenvalue weighted by Crippen LogP contribution is -1.98.